The van der Waals surface area contributed by atoms with E-state index in [0.717, 1.165) is 4.47 Å². The maximum Gasteiger partial charge on any atom is 0.413 e. The van der Waals surface area contributed by atoms with E-state index in [1.165, 1.54) is 4.90 Å². The van der Waals surface area contributed by atoms with Crippen LogP contribution in [-0.2, 0) is 0 Å². The van der Waals surface area contributed by atoms with E-state index < -0.39 is 6.09 Å². The van der Waals surface area contributed by atoms with E-state index in [9.17, 15) is 4.79 Å². The molecule has 0 radical (unpaired) electrons. The summed E-state index contributed by atoms with van der Waals surface area (Å²) in [4.78, 5) is 16.0. The molecule has 0 fully saturated rings. The van der Waals surface area contributed by atoms with Crippen LogP contribution in [-0.4, -0.2) is 29.3 Å². The number of hydrogen-bond donors (Lipinski definition) is 1. The van der Waals surface area contributed by atoms with E-state index >= 15 is 0 Å². The minimum atomic E-state index is -1.01. The molecule has 1 aliphatic rings. The molecule has 0 aliphatic carbocycles. The van der Waals surface area contributed by atoms with E-state index in [0.29, 0.717) is 24.7 Å². The third-order valence-corrected chi connectivity index (χ3v) is 2.29. The number of nitrogens with zero attached hydrogens (tertiary/aromatic N) is 2. The normalized spacial score (nSPS) is 14.5. The number of amides is 1. The zero-order chi connectivity index (χ0) is 10.1. The van der Waals surface area contributed by atoms with Gasteiger partial charge in [0.2, 0.25) is 0 Å². The Bertz CT molecular complexity index is 383. The minimum absolute atomic E-state index is 0.316. The number of aromatic nitrogens is 1. The van der Waals surface area contributed by atoms with Gasteiger partial charge in [-0.3, -0.25) is 4.90 Å². The SMILES string of the molecule is O=C(O)N1CCOc2cc(Br)cnc21. The van der Waals surface area contributed by atoms with Gasteiger partial charge in [-0.25, -0.2) is 9.78 Å². The van der Waals surface area contributed by atoms with Crippen LogP contribution in [0.15, 0.2) is 16.7 Å². The summed E-state index contributed by atoms with van der Waals surface area (Å²) in [6, 6.07) is 1.71. The maximum atomic E-state index is 10.8. The van der Waals surface area contributed by atoms with E-state index in [4.69, 9.17) is 9.84 Å². The third-order valence-electron chi connectivity index (χ3n) is 1.86. The maximum absolute atomic E-state index is 10.8. The summed E-state index contributed by atoms with van der Waals surface area (Å²) < 4.78 is 6.05. The highest BCUT2D eigenvalue weighted by Crippen LogP contribution is 2.31. The summed E-state index contributed by atoms with van der Waals surface area (Å²) in [5.74, 6) is 0.847. The molecule has 0 aromatic carbocycles. The molecule has 1 N–H and O–H groups in total. The van der Waals surface area contributed by atoms with E-state index in [1.54, 1.807) is 12.3 Å². The van der Waals surface area contributed by atoms with E-state index in [1.807, 2.05) is 0 Å². The van der Waals surface area contributed by atoms with Crippen molar-refractivity contribution in [3.63, 3.8) is 0 Å². The monoisotopic (exact) mass is 258 g/mol. The van der Waals surface area contributed by atoms with Gasteiger partial charge in [-0.1, -0.05) is 0 Å². The molecule has 0 bridgehead atoms. The standard InChI is InChI=1S/C8H7BrN2O3/c9-5-3-6-7(10-4-5)11(8(12)13)1-2-14-6/h3-4H,1-2H2,(H,12,13). The molecule has 0 spiro atoms. The van der Waals surface area contributed by atoms with Crippen molar-refractivity contribution in [1.82, 2.24) is 4.98 Å². The lowest BCUT2D eigenvalue weighted by atomic mass is 10.3. The van der Waals surface area contributed by atoms with Gasteiger partial charge in [0.05, 0.1) is 6.54 Å². The van der Waals surface area contributed by atoms with Crippen LogP contribution in [0.2, 0.25) is 0 Å². The lowest BCUT2D eigenvalue weighted by Gasteiger charge is -2.25. The summed E-state index contributed by atoms with van der Waals surface area (Å²) in [6.07, 6.45) is 0.535. The second kappa shape index (κ2) is 3.45. The average Bonchev–Trinajstić information content (AvgIpc) is 2.16. The molecule has 1 aromatic heterocycles. The summed E-state index contributed by atoms with van der Waals surface area (Å²) in [5.41, 5.74) is 0. The van der Waals surface area contributed by atoms with Gasteiger partial charge in [0.25, 0.3) is 0 Å². The van der Waals surface area contributed by atoms with Gasteiger partial charge >= 0.3 is 6.09 Å². The lowest BCUT2D eigenvalue weighted by molar-refractivity contribution is 0.196. The predicted octanol–water partition coefficient (Wildman–Crippen LogP) is 1.72. The molecule has 0 atom stereocenters. The number of carbonyl (C=O) groups is 1. The largest absolute Gasteiger partial charge is 0.488 e. The summed E-state index contributed by atoms with van der Waals surface area (Å²) in [5, 5.41) is 8.87. The van der Waals surface area contributed by atoms with Gasteiger partial charge in [0, 0.05) is 10.7 Å². The number of fused-ring (bicyclic) bond motifs is 1. The van der Waals surface area contributed by atoms with Crippen LogP contribution in [0, 0.1) is 0 Å². The first-order valence-electron chi connectivity index (χ1n) is 3.97. The molecule has 14 heavy (non-hydrogen) atoms. The smallest absolute Gasteiger partial charge is 0.413 e. The quantitative estimate of drug-likeness (QED) is 0.770. The molecule has 0 saturated carbocycles. The highest BCUT2D eigenvalue weighted by molar-refractivity contribution is 9.10. The molecular weight excluding hydrogens is 252 g/mol. The van der Waals surface area contributed by atoms with E-state index in [-0.39, 0.29) is 0 Å². The van der Waals surface area contributed by atoms with Crippen LogP contribution in [0.3, 0.4) is 0 Å². The minimum Gasteiger partial charge on any atom is -0.488 e. The van der Waals surface area contributed by atoms with Crippen molar-refractivity contribution in [3.05, 3.63) is 16.7 Å². The molecule has 2 rings (SSSR count). The van der Waals surface area contributed by atoms with Crippen molar-refractivity contribution in [2.45, 2.75) is 0 Å². The van der Waals surface area contributed by atoms with Crippen molar-refractivity contribution in [3.8, 4) is 5.75 Å². The van der Waals surface area contributed by atoms with Gasteiger partial charge < -0.3 is 9.84 Å². The van der Waals surface area contributed by atoms with Gasteiger partial charge in [-0.15, -0.1) is 0 Å². The van der Waals surface area contributed by atoms with Gasteiger partial charge in [-0.05, 0) is 22.0 Å². The van der Waals surface area contributed by atoms with Crippen LogP contribution < -0.4 is 9.64 Å². The van der Waals surface area contributed by atoms with Gasteiger partial charge in [0.15, 0.2) is 11.6 Å². The van der Waals surface area contributed by atoms with Crippen LogP contribution in [0.4, 0.5) is 10.6 Å². The van der Waals surface area contributed by atoms with Crippen LogP contribution in [0.25, 0.3) is 0 Å². The Balaban J connectivity index is 2.44. The molecular formula is C8H7BrN2O3. The molecule has 74 valence electrons. The first-order valence-corrected chi connectivity index (χ1v) is 4.76. The number of hydrogen-bond acceptors (Lipinski definition) is 3. The number of carboxylic acid groups (broad SMARTS) is 1. The average molecular weight is 259 g/mol. The zero-order valence-corrected chi connectivity index (χ0v) is 8.69. The lowest BCUT2D eigenvalue weighted by Crippen LogP contribution is -2.37. The first-order chi connectivity index (χ1) is 6.68. The van der Waals surface area contributed by atoms with Gasteiger partial charge in [-0.2, -0.15) is 0 Å². The number of pyridine rings is 1. The van der Waals surface area contributed by atoms with E-state index in [2.05, 4.69) is 20.9 Å². The second-order valence-electron chi connectivity index (χ2n) is 2.76. The molecule has 5 nitrogen and oxygen atoms in total. The van der Waals surface area contributed by atoms with Crippen LogP contribution in [0.1, 0.15) is 0 Å². The Labute approximate surface area is 88.4 Å². The van der Waals surface area contributed by atoms with Crippen molar-refractivity contribution in [1.29, 1.82) is 0 Å². The third kappa shape index (κ3) is 1.52. The fraction of sp³-hybridized carbons (Fsp3) is 0.250. The fourth-order valence-corrected chi connectivity index (χ4v) is 1.57. The van der Waals surface area contributed by atoms with Crippen molar-refractivity contribution < 1.29 is 14.6 Å². The molecule has 0 unspecified atom stereocenters. The van der Waals surface area contributed by atoms with Crippen LogP contribution in [0.5, 0.6) is 5.75 Å². The summed E-state index contributed by atoms with van der Waals surface area (Å²) in [7, 11) is 0. The Morgan fingerprint density at radius 1 is 1.71 bits per heavy atom. The molecule has 2 heterocycles. The highest BCUT2D eigenvalue weighted by Gasteiger charge is 2.24. The van der Waals surface area contributed by atoms with Crippen LogP contribution >= 0.6 is 15.9 Å². The number of rotatable bonds is 0. The van der Waals surface area contributed by atoms with Crippen molar-refractivity contribution >= 4 is 27.8 Å². The Morgan fingerprint density at radius 3 is 3.21 bits per heavy atom. The summed E-state index contributed by atoms with van der Waals surface area (Å²) in [6.45, 7) is 0.675. The molecule has 1 aromatic rings. The highest BCUT2D eigenvalue weighted by atomic mass is 79.9. The molecule has 0 saturated heterocycles. The fourth-order valence-electron chi connectivity index (χ4n) is 1.26. The van der Waals surface area contributed by atoms with Crippen molar-refractivity contribution in [2.75, 3.05) is 18.1 Å². The molecule has 1 aliphatic heterocycles. The first kappa shape index (κ1) is 9.26. The predicted molar refractivity (Wildman–Crippen MR) is 52.8 cm³/mol. The Hall–Kier alpha value is -1.30. The second-order valence-corrected chi connectivity index (χ2v) is 3.67. The molecule has 6 heteroatoms. The van der Waals surface area contributed by atoms with Gasteiger partial charge in [0.1, 0.15) is 6.61 Å². The zero-order valence-electron chi connectivity index (χ0n) is 7.11. The summed E-state index contributed by atoms with van der Waals surface area (Å²) >= 11 is 3.24. The number of halogens is 1. The topological polar surface area (TPSA) is 62.7 Å². The number of ether oxygens (including phenoxy) is 1. The Kier molecular flexibility index (Phi) is 2.28. The van der Waals surface area contributed by atoms with Crippen molar-refractivity contribution in [2.24, 2.45) is 0 Å². The Morgan fingerprint density at radius 2 is 2.50 bits per heavy atom. The number of anilines is 1. The molecule has 1 amide bonds.